The summed E-state index contributed by atoms with van der Waals surface area (Å²) in [5, 5.41) is 10.00. The van der Waals surface area contributed by atoms with Crippen LogP contribution in [-0.4, -0.2) is 45.9 Å². The van der Waals surface area contributed by atoms with Crippen LogP contribution in [0, 0.1) is 6.92 Å². The summed E-state index contributed by atoms with van der Waals surface area (Å²) in [6, 6.07) is 9.55. The molecule has 1 fully saturated rings. The molecule has 7 nitrogen and oxygen atoms in total. The van der Waals surface area contributed by atoms with Crippen LogP contribution in [0.15, 0.2) is 30.3 Å². The minimum Gasteiger partial charge on any atom is -0.380 e. The van der Waals surface area contributed by atoms with Crippen LogP contribution >= 0.6 is 0 Å². The Bertz CT molecular complexity index is 658. The summed E-state index contributed by atoms with van der Waals surface area (Å²) in [5.74, 6) is 1.38. The third-order valence-corrected chi connectivity index (χ3v) is 4.06. The lowest BCUT2D eigenvalue weighted by atomic mass is 10.2. The van der Waals surface area contributed by atoms with E-state index in [1.165, 1.54) is 0 Å². The molecular weight excluding hydrogens is 294 g/mol. The van der Waals surface area contributed by atoms with Crippen molar-refractivity contribution in [3.05, 3.63) is 47.5 Å². The minimum atomic E-state index is -0.166. The number of ether oxygens (including phenoxy) is 1. The molecule has 1 aromatic carbocycles. The third-order valence-electron chi connectivity index (χ3n) is 4.06. The number of aromatic nitrogens is 3. The van der Waals surface area contributed by atoms with Gasteiger partial charge < -0.3 is 15.0 Å². The van der Waals surface area contributed by atoms with Crippen LogP contribution in [0.25, 0.3) is 0 Å². The molecule has 2 N–H and O–H groups in total. The minimum absolute atomic E-state index is 0.00119. The molecule has 0 saturated carbocycles. The van der Waals surface area contributed by atoms with E-state index in [0.717, 1.165) is 11.4 Å². The Labute approximate surface area is 135 Å². The number of hydrogen-bond donors (Lipinski definition) is 2. The number of likely N-dealkylation sites (tertiary alicyclic amines) is 1. The van der Waals surface area contributed by atoms with Crippen molar-refractivity contribution in [3.63, 3.8) is 0 Å². The number of hydrogen-bond acceptors (Lipinski definition) is 4. The summed E-state index contributed by atoms with van der Waals surface area (Å²) in [6.45, 7) is 2.88. The number of nitrogens with zero attached hydrogens (tertiary/aromatic N) is 3. The van der Waals surface area contributed by atoms with Crippen LogP contribution in [0.2, 0.25) is 0 Å². The molecule has 1 saturated heterocycles. The van der Waals surface area contributed by atoms with Crippen molar-refractivity contribution < 1.29 is 9.53 Å². The molecule has 0 bridgehead atoms. The molecule has 2 amide bonds. The van der Waals surface area contributed by atoms with Crippen LogP contribution in [-0.2, 0) is 11.3 Å². The standard InChI is InChI=1S/C16H21N5O2/c1-11-18-15(20-19-11)14-8-13(23-2)10-21(14)16(22)17-9-12-6-4-3-5-7-12/h3-7,13-14H,8-10H2,1-2H3,(H,17,22)(H,18,19,20)/t13-,14-/m0/s1. The number of rotatable bonds is 4. The fraction of sp³-hybridized carbons (Fsp3) is 0.438. The molecule has 1 aliphatic heterocycles. The van der Waals surface area contributed by atoms with E-state index in [0.29, 0.717) is 25.3 Å². The van der Waals surface area contributed by atoms with E-state index in [1.54, 1.807) is 12.0 Å². The van der Waals surface area contributed by atoms with Gasteiger partial charge in [0.25, 0.3) is 0 Å². The second-order valence-corrected chi connectivity index (χ2v) is 5.68. The van der Waals surface area contributed by atoms with Crippen molar-refractivity contribution in [2.24, 2.45) is 0 Å². The van der Waals surface area contributed by atoms with Crippen LogP contribution < -0.4 is 5.32 Å². The van der Waals surface area contributed by atoms with Crippen LogP contribution in [0.1, 0.15) is 29.7 Å². The molecule has 3 rings (SSSR count). The van der Waals surface area contributed by atoms with E-state index >= 15 is 0 Å². The van der Waals surface area contributed by atoms with Gasteiger partial charge in [0.2, 0.25) is 0 Å². The summed E-state index contributed by atoms with van der Waals surface area (Å²) in [4.78, 5) is 18.7. The zero-order valence-electron chi connectivity index (χ0n) is 13.3. The summed E-state index contributed by atoms with van der Waals surface area (Å²) in [6.07, 6.45) is 0.702. The van der Waals surface area contributed by atoms with Crippen LogP contribution in [0.4, 0.5) is 4.79 Å². The molecular formula is C16H21N5O2. The van der Waals surface area contributed by atoms with E-state index < -0.39 is 0 Å². The first kappa shape index (κ1) is 15.5. The van der Waals surface area contributed by atoms with Crippen LogP contribution in [0.5, 0.6) is 0 Å². The number of urea groups is 1. The van der Waals surface area contributed by atoms with Gasteiger partial charge in [0.15, 0.2) is 5.82 Å². The van der Waals surface area contributed by atoms with Gasteiger partial charge in [-0.15, -0.1) is 0 Å². The summed E-state index contributed by atoms with van der Waals surface area (Å²) in [5.41, 5.74) is 1.06. The molecule has 122 valence electrons. The van der Waals surface area contributed by atoms with E-state index in [2.05, 4.69) is 20.5 Å². The molecule has 7 heteroatoms. The van der Waals surface area contributed by atoms with Crippen molar-refractivity contribution >= 4 is 6.03 Å². The third kappa shape index (κ3) is 3.50. The number of carbonyl (C=O) groups excluding carboxylic acids is 1. The Morgan fingerprint density at radius 3 is 2.87 bits per heavy atom. The van der Waals surface area contributed by atoms with Gasteiger partial charge in [-0.25, -0.2) is 9.78 Å². The topological polar surface area (TPSA) is 83.1 Å². The van der Waals surface area contributed by atoms with E-state index in [-0.39, 0.29) is 18.2 Å². The van der Waals surface area contributed by atoms with Gasteiger partial charge in [-0.3, -0.25) is 5.10 Å². The monoisotopic (exact) mass is 315 g/mol. The average Bonchev–Trinajstić information content (AvgIpc) is 3.19. The van der Waals surface area contributed by atoms with Crippen LogP contribution in [0.3, 0.4) is 0 Å². The Balaban J connectivity index is 1.69. The van der Waals surface area contributed by atoms with Gasteiger partial charge in [-0.05, 0) is 12.5 Å². The maximum Gasteiger partial charge on any atom is 0.318 e. The van der Waals surface area contributed by atoms with Crippen molar-refractivity contribution in [1.82, 2.24) is 25.4 Å². The smallest absolute Gasteiger partial charge is 0.318 e. The zero-order valence-corrected chi connectivity index (χ0v) is 13.3. The number of aryl methyl sites for hydroxylation is 1. The van der Waals surface area contributed by atoms with Gasteiger partial charge in [0.05, 0.1) is 12.1 Å². The highest BCUT2D eigenvalue weighted by molar-refractivity contribution is 5.75. The zero-order chi connectivity index (χ0) is 16.2. The number of aromatic amines is 1. The Kier molecular flexibility index (Phi) is 4.57. The van der Waals surface area contributed by atoms with Gasteiger partial charge in [-0.2, -0.15) is 5.10 Å². The number of benzene rings is 1. The first-order valence-electron chi connectivity index (χ1n) is 7.67. The SMILES string of the molecule is CO[C@H]1C[C@@H](c2n[nH]c(C)n2)N(C(=O)NCc2ccccc2)C1. The average molecular weight is 315 g/mol. The lowest BCUT2D eigenvalue weighted by molar-refractivity contribution is 0.110. The number of H-pyrrole nitrogens is 1. The first-order valence-corrected chi connectivity index (χ1v) is 7.67. The molecule has 0 radical (unpaired) electrons. The van der Waals surface area contributed by atoms with E-state index in [4.69, 9.17) is 4.74 Å². The second kappa shape index (κ2) is 6.78. The summed E-state index contributed by atoms with van der Waals surface area (Å²) < 4.78 is 5.43. The molecule has 0 unspecified atom stereocenters. The Morgan fingerprint density at radius 1 is 1.43 bits per heavy atom. The molecule has 1 aliphatic rings. The normalized spacial score (nSPS) is 20.7. The Hall–Kier alpha value is -2.41. The fourth-order valence-corrected chi connectivity index (χ4v) is 2.82. The van der Waals surface area contributed by atoms with Gasteiger partial charge in [-0.1, -0.05) is 30.3 Å². The quantitative estimate of drug-likeness (QED) is 0.901. The Morgan fingerprint density at radius 2 is 2.22 bits per heavy atom. The predicted molar refractivity (Wildman–Crippen MR) is 84.7 cm³/mol. The summed E-state index contributed by atoms with van der Waals surface area (Å²) in [7, 11) is 1.66. The largest absolute Gasteiger partial charge is 0.380 e. The number of nitrogens with one attached hydrogen (secondary N) is 2. The van der Waals surface area contributed by atoms with Crippen molar-refractivity contribution in [2.75, 3.05) is 13.7 Å². The summed E-state index contributed by atoms with van der Waals surface area (Å²) >= 11 is 0. The highest BCUT2D eigenvalue weighted by atomic mass is 16.5. The van der Waals surface area contributed by atoms with Gasteiger partial charge in [0.1, 0.15) is 5.82 Å². The lowest BCUT2D eigenvalue weighted by Crippen LogP contribution is -2.40. The van der Waals surface area contributed by atoms with Gasteiger partial charge >= 0.3 is 6.03 Å². The molecule has 2 heterocycles. The van der Waals surface area contributed by atoms with Crippen molar-refractivity contribution in [3.8, 4) is 0 Å². The molecule has 1 aromatic heterocycles. The maximum atomic E-state index is 12.6. The molecule has 2 aromatic rings. The number of carbonyl (C=O) groups is 1. The molecule has 0 aliphatic carbocycles. The first-order chi connectivity index (χ1) is 11.2. The lowest BCUT2D eigenvalue weighted by Gasteiger charge is -2.22. The predicted octanol–water partition coefficient (Wildman–Crippen LogP) is 1.78. The van der Waals surface area contributed by atoms with E-state index in [1.807, 2.05) is 37.3 Å². The second-order valence-electron chi connectivity index (χ2n) is 5.68. The fourth-order valence-electron chi connectivity index (χ4n) is 2.82. The maximum absolute atomic E-state index is 12.6. The molecule has 0 spiro atoms. The van der Waals surface area contributed by atoms with Crippen molar-refractivity contribution in [1.29, 1.82) is 0 Å². The highest BCUT2D eigenvalue weighted by Gasteiger charge is 2.38. The highest BCUT2D eigenvalue weighted by Crippen LogP contribution is 2.31. The van der Waals surface area contributed by atoms with Crippen molar-refractivity contribution in [2.45, 2.75) is 32.0 Å². The molecule has 23 heavy (non-hydrogen) atoms. The molecule has 2 atom stereocenters. The van der Waals surface area contributed by atoms with Gasteiger partial charge in [0, 0.05) is 26.6 Å². The number of methoxy groups -OCH3 is 1. The van der Waals surface area contributed by atoms with E-state index in [9.17, 15) is 4.79 Å². The number of amides is 2.